The molecule has 0 bridgehead atoms. The Hall–Kier alpha value is -0.740. The zero-order chi connectivity index (χ0) is 11.3. The minimum absolute atomic E-state index is 0.136. The van der Waals surface area contributed by atoms with E-state index >= 15 is 0 Å². The van der Waals surface area contributed by atoms with E-state index in [0.29, 0.717) is 10.6 Å². The van der Waals surface area contributed by atoms with Gasteiger partial charge in [-0.1, -0.05) is 11.6 Å². The maximum absolute atomic E-state index is 11.7. The number of carbonyl (C=O) groups is 1. The summed E-state index contributed by atoms with van der Waals surface area (Å²) in [6, 6.07) is 1.75. The highest BCUT2D eigenvalue weighted by atomic mass is 35.5. The van der Waals surface area contributed by atoms with Crippen molar-refractivity contribution in [1.82, 2.24) is 10.3 Å². The molecular formula is C10H13ClN2OS. The molecule has 0 spiro atoms. The molecule has 1 rings (SSSR count). The molecule has 0 aliphatic carbocycles. The molecule has 0 saturated heterocycles. The third-order valence-corrected chi connectivity index (χ3v) is 2.95. The number of hydrogen-bond acceptors (Lipinski definition) is 3. The van der Waals surface area contributed by atoms with Gasteiger partial charge in [-0.05, 0) is 19.2 Å². The minimum atomic E-state index is -0.149. The molecule has 5 heteroatoms. The molecular weight excluding hydrogens is 232 g/mol. The van der Waals surface area contributed by atoms with Gasteiger partial charge in [0, 0.05) is 24.2 Å². The van der Waals surface area contributed by atoms with Crippen LogP contribution in [-0.2, 0) is 0 Å². The number of nitrogens with one attached hydrogen (secondary N) is 1. The Kier molecular flexibility index (Phi) is 4.91. The summed E-state index contributed by atoms with van der Waals surface area (Å²) in [5.74, 6) is 0.734. The van der Waals surface area contributed by atoms with E-state index in [4.69, 9.17) is 11.6 Å². The van der Waals surface area contributed by atoms with Crippen LogP contribution in [0, 0.1) is 0 Å². The lowest BCUT2D eigenvalue weighted by Crippen LogP contribution is -2.34. The van der Waals surface area contributed by atoms with Gasteiger partial charge in [0.1, 0.15) is 0 Å². The van der Waals surface area contributed by atoms with Crippen LogP contribution in [0.25, 0.3) is 0 Å². The topological polar surface area (TPSA) is 42.0 Å². The number of hydrogen-bond donors (Lipinski definition) is 1. The number of halogens is 1. The normalized spacial score (nSPS) is 12.2. The van der Waals surface area contributed by atoms with Crippen molar-refractivity contribution >= 4 is 29.3 Å². The Bertz CT molecular complexity index is 346. The van der Waals surface area contributed by atoms with Crippen molar-refractivity contribution in [2.24, 2.45) is 0 Å². The molecule has 1 aromatic heterocycles. The Morgan fingerprint density at radius 1 is 1.73 bits per heavy atom. The molecule has 3 nitrogen and oxygen atoms in total. The maximum Gasteiger partial charge on any atom is 0.253 e. The average molecular weight is 245 g/mol. The number of aromatic nitrogens is 1. The zero-order valence-corrected chi connectivity index (χ0v) is 10.2. The van der Waals surface area contributed by atoms with Crippen molar-refractivity contribution in [3.8, 4) is 0 Å². The summed E-state index contributed by atoms with van der Waals surface area (Å²) in [5.41, 5.74) is 0.472. The fourth-order valence-electron chi connectivity index (χ4n) is 1.15. The van der Waals surface area contributed by atoms with Gasteiger partial charge in [0.05, 0.1) is 10.6 Å². The van der Waals surface area contributed by atoms with Crippen LogP contribution in [0.5, 0.6) is 0 Å². The van der Waals surface area contributed by atoms with E-state index in [9.17, 15) is 4.79 Å². The van der Waals surface area contributed by atoms with Gasteiger partial charge in [0.2, 0.25) is 0 Å². The first-order valence-electron chi connectivity index (χ1n) is 4.54. The minimum Gasteiger partial charge on any atom is -0.349 e. The van der Waals surface area contributed by atoms with Crippen molar-refractivity contribution in [1.29, 1.82) is 0 Å². The third kappa shape index (κ3) is 3.72. The van der Waals surface area contributed by atoms with Crippen molar-refractivity contribution in [2.75, 3.05) is 12.0 Å². The molecule has 1 atom stereocenters. The van der Waals surface area contributed by atoms with Crippen molar-refractivity contribution in [3.05, 3.63) is 29.0 Å². The Morgan fingerprint density at radius 3 is 3.07 bits per heavy atom. The quantitative estimate of drug-likeness (QED) is 0.883. The second-order valence-corrected chi connectivity index (χ2v) is 4.50. The SMILES string of the molecule is CSCC(C)NC(=O)c1ccncc1Cl. The Labute approximate surface area is 98.6 Å². The zero-order valence-electron chi connectivity index (χ0n) is 8.66. The van der Waals surface area contributed by atoms with Gasteiger partial charge in [-0.3, -0.25) is 9.78 Å². The summed E-state index contributed by atoms with van der Waals surface area (Å²) in [6.45, 7) is 1.96. The number of amides is 1. The van der Waals surface area contributed by atoms with Crippen LogP contribution in [-0.4, -0.2) is 28.9 Å². The highest BCUT2D eigenvalue weighted by Gasteiger charge is 2.12. The molecule has 1 unspecified atom stereocenters. The number of pyridine rings is 1. The molecule has 1 N–H and O–H groups in total. The number of carbonyl (C=O) groups excluding carboxylic acids is 1. The van der Waals surface area contributed by atoms with Crippen LogP contribution in [0.2, 0.25) is 5.02 Å². The standard InChI is InChI=1S/C10H13ClN2OS/c1-7(6-15-2)13-10(14)8-3-4-12-5-9(8)11/h3-5,7H,6H2,1-2H3,(H,13,14). The highest BCUT2D eigenvalue weighted by molar-refractivity contribution is 7.98. The van der Waals surface area contributed by atoms with Gasteiger partial charge in [0.15, 0.2) is 0 Å². The van der Waals surface area contributed by atoms with E-state index in [1.807, 2.05) is 13.2 Å². The van der Waals surface area contributed by atoms with E-state index in [1.165, 1.54) is 6.20 Å². The first-order valence-corrected chi connectivity index (χ1v) is 6.31. The van der Waals surface area contributed by atoms with Crippen LogP contribution < -0.4 is 5.32 Å². The lowest BCUT2D eigenvalue weighted by molar-refractivity contribution is 0.0944. The summed E-state index contributed by atoms with van der Waals surface area (Å²) < 4.78 is 0. The summed E-state index contributed by atoms with van der Waals surface area (Å²) >= 11 is 7.54. The van der Waals surface area contributed by atoms with Crippen LogP contribution in [0.3, 0.4) is 0 Å². The molecule has 0 radical (unpaired) electrons. The number of rotatable bonds is 4. The monoisotopic (exact) mass is 244 g/mol. The second-order valence-electron chi connectivity index (χ2n) is 3.19. The molecule has 15 heavy (non-hydrogen) atoms. The van der Waals surface area contributed by atoms with Crippen molar-refractivity contribution in [2.45, 2.75) is 13.0 Å². The molecule has 0 aromatic carbocycles. The fraction of sp³-hybridized carbons (Fsp3) is 0.400. The van der Waals surface area contributed by atoms with E-state index in [-0.39, 0.29) is 11.9 Å². The molecule has 82 valence electrons. The van der Waals surface area contributed by atoms with E-state index in [0.717, 1.165) is 5.75 Å². The molecule has 0 aliphatic rings. The maximum atomic E-state index is 11.7. The predicted molar refractivity (Wildman–Crippen MR) is 64.6 cm³/mol. The van der Waals surface area contributed by atoms with E-state index in [2.05, 4.69) is 10.3 Å². The molecule has 1 aromatic rings. The van der Waals surface area contributed by atoms with E-state index < -0.39 is 0 Å². The predicted octanol–water partition coefficient (Wildman–Crippen LogP) is 2.22. The molecule has 1 heterocycles. The highest BCUT2D eigenvalue weighted by Crippen LogP contribution is 2.13. The van der Waals surface area contributed by atoms with Crippen LogP contribution in [0.1, 0.15) is 17.3 Å². The van der Waals surface area contributed by atoms with Gasteiger partial charge in [0.25, 0.3) is 5.91 Å². The summed E-state index contributed by atoms with van der Waals surface area (Å²) in [7, 11) is 0. The van der Waals surface area contributed by atoms with Crippen molar-refractivity contribution in [3.63, 3.8) is 0 Å². The second kappa shape index (κ2) is 5.98. The first-order chi connectivity index (χ1) is 7.15. The average Bonchev–Trinajstić information content (AvgIpc) is 2.18. The van der Waals surface area contributed by atoms with Crippen LogP contribution in [0.15, 0.2) is 18.5 Å². The van der Waals surface area contributed by atoms with Crippen LogP contribution >= 0.6 is 23.4 Å². The summed E-state index contributed by atoms with van der Waals surface area (Å²) in [5, 5.41) is 3.25. The first kappa shape index (κ1) is 12.3. The largest absolute Gasteiger partial charge is 0.349 e. The molecule has 0 aliphatic heterocycles. The van der Waals surface area contributed by atoms with Crippen LogP contribution in [0.4, 0.5) is 0 Å². The molecule has 1 amide bonds. The molecule has 0 saturated carbocycles. The summed E-state index contributed by atoms with van der Waals surface area (Å²) in [4.78, 5) is 15.5. The Morgan fingerprint density at radius 2 is 2.47 bits per heavy atom. The smallest absolute Gasteiger partial charge is 0.253 e. The van der Waals surface area contributed by atoms with Gasteiger partial charge in [-0.25, -0.2) is 0 Å². The van der Waals surface area contributed by atoms with Crippen molar-refractivity contribution < 1.29 is 4.79 Å². The third-order valence-electron chi connectivity index (χ3n) is 1.81. The summed E-state index contributed by atoms with van der Waals surface area (Å²) in [6.07, 6.45) is 5.03. The number of thioether (sulfide) groups is 1. The lowest BCUT2D eigenvalue weighted by Gasteiger charge is -2.12. The van der Waals surface area contributed by atoms with Gasteiger partial charge < -0.3 is 5.32 Å². The molecule has 0 fully saturated rings. The number of nitrogens with zero attached hydrogens (tertiary/aromatic N) is 1. The van der Waals surface area contributed by atoms with E-state index in [1.54, 1.807) is 24.0 Å². The Balaban J connectivity index is 2.65. The fourth-order valence-corrected chi connectivity index (χ4v) is 1.94. The van der Waals surface area contributed by atoms with Gasteiger partial charge >= 0.3 is 0 Å². The van der Waals surface area contributed by atoms with Gasteiger partial charge in [-0.15, -0.1) is 0 Å². The lowest BCUT2D eigenvalue weighted by atomic mass is 10.2. The van der Waals surface area contributed by atoms with Gasteiger partial charge in [-0.2, -0.15) is 11.8 Å².